The second kappa shape index (κ2) is 9.86. The number of pyridine rings is 1. The van der Waals surface area contributed by atoms with Crippen LogP contribution in [0.3, 0.4) is 0 Å². The number of amides is 1. The van der Waals surface area contributed by atoms with E-state index in [9.17, 15) is 13.6 Å². The van der Waals surface area contributed by atoms with Crippen molar-refractivity contribution in [1.29, 1.82) is 0 Å². The van der Waals surface area contributed by atoms with Crippen molar-refractivity contribution in [3.63, 3.8) is 0 Å². The molecule has 0 bridgehead atoms. The van der Waals surface area contributed by atoms with E-state index in [1.807, 2.05) is 36.4 Å². The van der Waals surface area contributed by atoms with Crippen molar-refractivity contribution in [2.24, 2.45) is 0 Å². The van der Waals surface area contributed by atoms with Crippen molar-refractivity contribution in [3.8, 4) is 11.1 Å². The Bertz CT molecular complexity index is 923. The molecule has 1 unspecified atom stereocenters. The zero-order valence-electron chi connectivity index (χ0n) is 15.4. The lowest BCUT2D eigenvalue weighted by Crippen LogP contribution is -2.17. The zero-order chi connectivity index (χ0) is 20.6. The lowest BCUT2D eigenvalue weighted by atomic mass is 10.1. The van der Waals surface area contributed by atoms with Crippen molar-refractivity contribution >= 4 is 21.2 Å². The first kappa shape index (κ1) is 21.4. The first-order valence-electron chi connectivity index (χ1n) is 8.47. The molecule has 1 amide bonds. The van der Waals surface area contributed by atoms with Gasteiger partial charge < -0.3 is 5.32 Å². The summed E-state index contributed by atoms with van der Waals surface area (Å²) in [4.78, 5) is 15.3. The number of nitrogens with one attached hydrogen (secondary N) is 1. The standard InChI is InChI=1S/C13H12N2O.C9H9F2P/c1-14-13(16)12-4-2-10(3-5-12)11-6-8-15-9-7-11;1-2-7-4-3-5-8(6-7)9(10,11)12/h2-9H,1H3,(H,14,16);2-6H,1,12H2. The van der Waals surface area contributed by atoms with E-state index in [0.29, 0.717) is 11.1 Å². The number of hydrogen-bond acceptors (Lipinski definition) is 2. The van der Waals surface area contributed by atoms with Gasteiger partial charge in [0.25, 0.3) is 11.6 Å². The number of rotatable bonds is 4. The third kappa shape index (κ3) is 6.07. The Morgan fingerprint density at radius 2 is 1.68 bits per heavy atom. The van der Waals surface area contributed by atoms with Gasteiger partial charge in [-0.2, -0.15) is 8.78 Å². The highest BCUT2D eigenvalue weighted by Gasteiger charge is 2.23. The van der Waals surface area contributed by atoms with Crippen LogP contribution >= 0.6 is 9.24 Å². The summed E-state index contributed by atoms with van der Waals surface area (Å²) in [5.41, 5.74) is 0.687. The molecule has 1 aromatic heterocycles. The molecule has 0 aliphatic heterocycles. The lowest BCUT2D eigenvalue weighted by Gasteiger charge is -2.10. The molecule has 1 N–H and O–H groups in total. The highest BCUT2D eigenvalue weighted by atomic mass is 31.0. The van der Waals surface area contributed by atoms with Crippen molar-refractivity contribution in [1.82, 2.24) is 10.3 Å². The molecular formula is C22H21F2N2OP. The molecule has 0 aliphatic rings. The topological polar surface area (TPSA) is 42.0 Å². The molecule has 1 heterocycles. The molecule has 3 nitrogen and oxygen atoms in total. The Morgan fingerprint density at radius 1 is 1.07 bits per heavy atom. The molecule has 144 valence electrons. The van der Waals surface area contributed by atoms with Gasteiger partial charge in [-0.25, -0.2) is 0 Å². The van der Waals surface area contributed by atoms with Gasteiger partial charge in [0, 0.05) is 30.6 Å². The van der Waals surface area contributed by atoms with E-state index in [1.54, 1.807) is 37.7 Å². The van der Waals surface area contributed by atoms with Gasteiger partial charge in [-0.15, -0.1) is 0 Å². The fraction of sp³-hybridized carbons (Fsp3) is 0.0909. The van der Waals surface area contributed by atoms with Crippen molar-refractivity contribution < 1.29 is 13.6 Å². The van der Waals surface area contributed by atoms with E-state index in [4.69, 9.17) is 0 Å². The summed E-state index contributed by atoms with van der Waals surface area (Å²) in [6, 6.07) is 17.5. The van der Waals surface area contributed by atoms with Crippen LogP contribution in [-0.2, 0) is 5.66 Å². The Labute approximate surface area is 165 Å². The predicted molar refractivity (Wildman–Crippen MR) is 113 cm³/mol. The molecule has 2 aromatic carbocycles. The summed E-state index contributed by atoms with van der Waals surface area (Å²) in [7, 11) is 3.13. The molecule has 0 radical (unpaired) electrons. The Hall–Kier alpha value is -2.91. The Morgan fingerprint density at radius 3 is 2.21 bits per heavy atom. The normalized spacial score (nSPS) is 10.4. The fourth-order valence-corrected chi connectivity index (χ4v) is 2.56. The summed E-state index contributed by atoms with van der Waals surface area (Å²) < 4.78 is 25.4. The van der Waals surface area contributed by atoms with Crippen LogP contribution in [0.2, 0.25) is 0 Å². The summed E-state index contributed by atoms with van der Waals surface area (Å²) in [6.45, 7) is 3.50. The van der Waals surface area contributed by atoms with Gasteiger partial charge in [-0.3, -0.25) is 9.78 Å². The van der Waals surface area contributed by atoms with Crippen molar-refractivity contribution in [2.45, 2.75) is 5.66 Å². The molecule has 0 saturated heterocycles. The monoisotopic (exact) mass is 398 g/mol. The van der Waals surface area contributed by atoms with Crippen LogP contribution in [0, 0.1) is 0 Å². The third-order valence-electron chi connectivity index (χ3n) is 3.90. The van der Waals surface area contributed by atoms with E-state index in [2.05, 4.69) is 16.9 Å². The van der Waals surface area contributed by atoms with Gasteiger partial charge in [0.1, 0.15) is 0 Å². The van der Waals surface area contributed by atoms with Crippen LogP contribution in [0.5, 0.6) is 0 Å². The molecule has 6 heteroatoms. The number of carbonyl (C=O) groups is 1. The van der Waals surface area contributed by atoms with E-state index in [1.165, 1.54) is 21.4 Å². The third-order valence-corrected chi connectivity index (χ3v) is 4.23. The molecule has 3 rings (SSSR count). The molecule has 3 aromatic rings. The first-order chi connectivity index (χ1) is 13.3. The van der Waals surface area contributed by atoms with Crippen LogP contribution < -0.4 is 5.32 Å². The maximum atomic E-state index is 12.7. The second-order valence-electron chi connectivity index (χ2n) is 5.84. The molecule has 28 heavy (non-hydrogen) atoms. The zero-order valence-corrected chi connectivity index (χ0v) is 16.6. The number of aromatic nitrogens is 1. The maximum absolute atomic E-state index is 12.7. The van der Waals surface area contributed by atoms with Crippen LogP contribution in [0.1, 0.15) is 21.5 Å². The second-order valence-corrected chi connectivity index (χ2v) is 6.57. The minimum atomic E-state index is -2.85. The summed E-state index contributed by atoms with van der Waals surface area (Å²) in [5, 5.41) is 2.59. The number of hydrogen-bond donors (Lipinski definition) is 1. The molecule has 0 saturated carbocycles. The molecule has 1 atom stereocenters. The van der Waals surface area contributed by atoms with E-state index < -0.39 is 5.66 Å². The average Bonchev–Trinajstić information content (AvgIpc) is 2.74. The van der Waals surface area contributed by atoms with E-state index in [-0.39, 0.29) is 11.5 Å². The summed E-state index contributed by atoms with van der Waals surface area (Å²) in [5.74, 6) is -0.0683. The van der Waals surface area contributed by atoms with Crippen molar-refractivity contribution in [2.75, 3.05) is 7.05 Å². The fourth-order valence-electron chi connectivity index (χ4n) is 2.38. The van der Waals surface area contributed by atoms with Crippen LogP contribution in [0.4, 0.5) is 8.78 Å². The van der Waals surface area contributed by atoms with Gasteiger partial charge in [-0.1, -0.05) is 52.2 Å². The molecule has 0 fully saturated rings. The highest BCUT2D eigenvalue weighted by Crippen LogP contribution is 2.34. The van der Waals surface area contributed by atoms with Crippen LogP contribution in [0.25, 0.3) is 17.2 Å². The van der Waals surface area contributed by atoms with E-state index >= 15 is 0 Å². The minimum Gasteiger partial charge on any atom is -0.355 e. The number of alkyl halides is 2. The number of carbonyl (C=O) groups excluding carboxylic acids is 1. The summed E-state index contributed by atoms with van der Waals surface area (Å²) in [6.07, 6.45) is 5.05. The van der Waals surface area contributed by atoms with E-state index in [0.717, 1.165) is 11.1 Å². The predicted octanol–water partition coefficient (Wildman–Crippen LogP) is 5.36. The summed E-state index contributed by atoms with van der Waals surface area (Å²) >= 11 is 0. The molecule has 0 spiro atoms. The smallest absolute Gasteiger partial charge is 0.283 e. The maximum Gasteiger partial charge on any atom is 0.283 e. The van der Waals surface area contributed by atoms with Gasteiger partial charge in [0.15, 0.2) is 0 Å². The first-order valence-corrected chi connectivity index (χ1v) is 9.05. The molecule has 0 aliphatic carbocycles. The quantitative estimate of drug-likeness (QED) is 0.601. The number of nitrogens with zero attached hydrogens (tertiary/aromatic N) is 1. The Balaban J connectivity index is 0.000000209. The lowest BCUT2D eigenvalue weighted by molar-refractivity contribution is 0.0962. The van der Waals surface area contributed by atoms with Crippen LogP contribution in [0.15, 0.2) is 79.6 Å². The van der Waals surface area contributed by atoms with Crippen LogP contribution in [-0.4, -0.2) is 17.9 Å². The van der Waals surface area contributed by atoms with Gasteiger partial charge in [-0.05, 0) is 47.0 Å². The largest absolute Gasteiger partial charge is 0.355 e. The highest BCUT2D eigenvalue weighted by molar-refractivity contribution is 7.17. The number of halogens is 2. The average molecular weight is 398 g/mol. The SMILES string of the molecule is C=Cc1cccc(C(F)(F)P)c1.CNC(=O)c1ccc(-c2ccncc2)cc1. The van der Waals surface area contributed by atoms with Gasteiger partial charge in [0.05, 0.1) is 0 Å². The van der Waals surface area contributed by atoms with Crippen molar-refractivity contribution in [3.05, 3.63) is 96.3 Å². The minimum absolute atomic E-state index is 0.00935. The Kier molecular flexibility index (Phi) is 7.53. The molecular weight excluding hydrogens is 377 g/mol. The van der Waals surface area contributed by atoms with Gasteiger partial charge in [0.2, 0.25) is 0 Å². The van der Waals surface area contributed by atoms with Gasteiger partial charge >= 0.3 is 0 Å². The number of benzene rings is 2.